The molecule has 3 aromatic rings. The third-order valence-electron chi connectivity index (χ3n) is 3.92. The van der Waals surface area contributed by atoms with Gasteiger partial charge in [-0.25, -0.2) is 14.4 Å². The lowest BCUT2D eigenvalue weighted by molar-refractivity contribution is 0.102. The number of amides is 1. The number of aromatic nitrogens is 2. The predicted octanol–water partition coefficient (Wildman–Crippen LogP) is 3.21. The summed E-state index contributed by atoms with van der Waals surface area (Å²) in [7, 11) is 0. The summed E-state index contributed by atoms with van der Waals surface area (Å²) < 4.78 is 23.5. The molecule has 0 saturated heterocycles. The molecule has 2 N–H and O–H groups in total. The van der Waals surface area contributed by atoms with E-state index in [4.69, 9.17) is 9.47 Å². The highest BCUT2D eigenvalue weighted by Gasteiger charge is 2.15. The molecule has 0 atom stereocenters. The van der Waals surface area contributed by atoms with Gasteiger partial charge in [0.05, 0.1) is 0 Å². The van der Waals surface area contributed by atoms with Crippen LogP contribution in [0.5, 0.6) is 11.5 Å². The van der Waals surface area contributed by atoms with Crippen molar-refractivity contribution >= 4 is 17.4 Å². The van der Waals surface area contributed by atoms with Crippen LogP contribution < -0.4 is 20.1 Å². The number of hydrogen-bond acceptors (Lipinski definition) is 6. The average Bonchev–Trinajstić information content (AvgIpc) is 3.15. The average molecular weight is 366 g/mol. The number of hydrogen-bond donors (Lipinski definition) is 2. The number of nitrogens with zero attached hydrogens (tertiary/aromatic N) is 2. The van der Waals surface area contributed by atoms with Crippen molar-refractivity contribution in [1.82, 2.24) is 9.97 Å². The summed E-state index contributed by atoms with van der Waals surface area (Å²) >= 11 is 0. The molecular weight excluding hydrogens is 351 g/mol. The molecule has 0 bridgehead atoms. The van der Waals surface area contributed by atoms with E-state index in [9.17, 15) is 9.18 Å². The number of fused-ring (bicyclic) bond motifs is 1. The molecule has 27 heavy (non-hydrogen) atoms. The quantitative estimate of drug-likeness (QED) is 0.721. The molecule has 1 aromatic heterocycles. The lowest BCUT2D eigenvalue weighted by Crippen LogP contribution is -2.14. The first-order valence-corrected chi connectivity index (χ1v) is 8.19. The van der Waals surface area contributed by atoms with E-state index in [1.54, 1.807) is 36.4 Å². The Hall–Kier alpha value is -3.68. The standard InChI is InChI=1S/C19H15FN4O3/c20-13-3-1-12(2-4-13)9-21-18-8-15(22-10-23-18)19(25)24-14-5-6-16-17(7-14)27-11-26-16/h1-8,10H,9,11H2,(H,24,25)(H,21,22,23). The second kappa shape index (κ2) is 7.28. The van der Waals surface area contributed by atoms with E-state index >= 15 is 0 Å². The number of anilines is 2. The fourth-order valence-electron chi connectivity index (χ4n) is 2.54. The molecule has 0 fully saturated rings. The normalized spacial score (nSPS) is 11.9. The predicted molar refractivity (Wildman–Crippen MR) is 96.3 cm³/mol. The number of ether oxygens (including phenoxy) is 2. The minimum atomic E-state index is -0.374. The summed E-state index contributed by atoms with van der Waals surface area (Å²) in [4.78, 5) is 20.5. The summed E-state index contributed by atoms with van der Waals surface area (Å²) in [5, 5.41) is 5.84. The van der Waals surface area contributed by atoms with E-state index in [1.165, 1.54) is 18.5 Å². The number of carbonyl (C=O) groups is 1. The van der Waals surface area contributed by atoms with Crippen molar-refractivity contribution in [1.29, 1.82) is 0 Å². The lowest BCUT2D eigenvalue weighted by Gasteiger charge is -2.08. The Bertz CT molecular complexity index is 979. The highest BCUT2D eigenvalue weighted by Crippen LogP contribution is 2.34. The first-order chi connectivity index (χ1) is 13.2. The van der Waals surface area contributed by atoms with Crippen LogP contribution in [0.4, 0.5) is 15.9 Å². The van der Waals surface area contributed by atoms with Crippen LogP contribution in [0.3, 0.4) is 0 Å². The smallest absolute Gasteiger partial charge is 0.274 e. The summed E-state index contributed by atoms with van der Waals surface area (Å²) in [6.45, 7) is 0.613. The Labute approximate surface area is 154 Å². The molecule has 2 heterocycles. The van der Waals surface area contributed by atoms with Crippen molar-refractivity contribution in [3.8, 4) is 11.5 Å². The van der Waals surface area contributed by atoms with Gasteiger partial charge in [0.2, 0.25) is 6.79 Å². The van der Waals surface area contributed by atoms with Gasteiger partial charge in [-0.3, -0.25) is 4.79 Å². The maximum atomic E-state index is 12.9. The zero-order valence-corrected chi connectivity index (χ0v) is 14.1. The molecule has 4 rings (SSSR count). The van der Waals surface area contributed by atoms with E-state index in [2.05, 4.69) is 20.6 Å². The van der Waals surface area contributed by atoms with Crippen molar-refractivity contribution in [2.24, 2.45) is 0 Å². The summed E-state index contributed by atoms with van der Waals surface area (Å²) in [5.74, 6) is 1.05. The maximum absolute atomic E-state index is 12.9. The van der Waals surface area contributed by atoms with Gasteiger partial charge in [0.1, 0.15) is 23.7 Å². The number of halogens is 1. The Morgan fingerprint density at radius 2 is 1.85 bits per heavy atom. The molecule has 136 valence electrons. The van der Waals surface area contributed by atoms with E-state index < -0.39 is 0 Å². The molecule has 0 saturated carbocycles. The van der Waals surface area contributed by atoms with Crippen molar-refractivity contribution < 1.29 is 18.7 Å². The van der Waals surface area contributed by atoms with Crippen LogP contribution in [0, 0.1) is 5.82 Å². The molecule has 8 heteroatoms. The highest BCUT2D eigenvalue weighted by atomic mass is 19.1. The molecule has 0 unspecified atom stereocenters. The molecular formula is C19H15FN4O3. The number of rotatable bonds is 5. The molecule has 1 aliphatic rings. The fraction of sp³-hybridized carbons (Fsp3) is 0.105. The van der Waals surface area contributed by atoms with Gasteiger partial charge in [-0.2, -0.15) is 0 Å². The van der Waals surface area contributed by atoms with Gasteiger partial charge in [0.15, 0.2) is 11.5 Å². The largest absolute Gasteiger partial charge is 0.454 e. The Kier molecular flexibility index (Phi) is 4.52. The Morgan fingerprint density at radius 1 is 1.04 bits per heavy atom. The Morgan fingerprint density at radius 3 is 2.70 bits per heavy atom. The molecule has 1 amide bonds. The summed E-state index contributed by atoms with van der Waals surface area (Å²) in [5.41, 5.74) is 1.68. The second-order valence-electron chi connectivity index (χ2n) is 5.79. The Balaban J connectivity index is 1.42. The zero-order chi connectivity index (χ0) is 18.6. The van der Waals surface area contributed by atoms with Gasteiger partial charge < -0.3 is 20.1 Å². The van der Waals surface area contributed by atoms with Crippen molar-refractivity contribution in [2.75, 3.05) is 17.4 Å². The van der Waals surface area contributed by atoms with Crippen LogP contribution in [-0.4, -0.2) is 22.7 Å². The van der Waals surface area contributed by atoms with Crippen LogP contribution in [0.1, 0.15) is 16.1 Å². The van der Waals surface area contributed by atoms with E-state index in [0.29, 0.717) is 29.5 Å². The molecule has 0 radical (unpaired) electrons. The SMILES string of the molecule is O=C(Nc1ccc2c(c1)OCO2)c1cc(NCc2ccc(F)cc2)ncn1. The molecule has 1 aliphatic heterocycles. The summed E-state index contributed by atoms with van der Waals surface area (Å²) in [6.07, 6.45) is 1.31. The molecule has 2 aromatic carbocycles. The number of carbonyl (C=O) groups excluding carboxylic acids is 1. The van der Waals surface area contributed by atoms with Gasteiger partial charge in [-0.1, -0.05) is 12.1 Å². The topological polar surface area (TPSA) is 85.4 Å². The third-order valence-corrected chi connectivity index (χ3v) is 3.92. The van der Waals surface area contributed by atoms with Crippen molar-refractivity contribution in [2.45, 2.75) is 6.54 Å². The minimum absolute atomic E-state index is 0.168. The van der Waals surface area contributed by atoms with Crippen molar-refractivity contribution in [3.63, 3.8) is 0 Å². The van der Waals surface area contributed by atoms with Crippen LogP contribution in [0.15, 0.2) is 54.9 Å². The van der Waals surface area contributed by atoms with Gasteiger partial charge >= 0.3 is 0 Å². The zero-order valence-electron chi connectivity index (χ0n) is 14.1. The van der Waals surface area contributed by atoms with E-state index in [0.717, 1.165) is 5.56 Å². The molecule has 7 nitrogen and oxygen atoms in total. The monoisotopic (exact) mass is 366 g/mol. The third kappa shape index (κ3) is 3.95. The number of benzene rings is 2. The minimum Gasteiger partial charge on any atom is -0.454 e. The van der Waals surface area contributed by atoms with E-state index in [-0.39, 0.29) is 24.2 Å². The first kappa shape index (κ1) is 16.8. The highest BCUT2D eigenvalue weighted by molar-refractivity contribution is 6.03. The van der Waals surface area contributed by atoms with Gasteiger partial charge in [-0.15, -0.1) is 0 Å². The van der Waals surface area contributed by atoms with Crippen LogP contribution in [-0.2, 0) is 6.54 Å². The number of nitrogens with one attached hydrogen (secondary N) is 2. The summed E-state index contributed by atoms with van der Waals surface area (Å²) in [6, 6.07) is 12.8. The maximum Gasteiger partial charge on any atom is 0.274 e. The van der Waals surface area contributed by atoms with E-state index in [1.807, 2.05) is 0 Å². The van der Waals surface area contributed by atoms with Crippen LogP contribution in [0.2, 0.25) is 0 Å². The fourth-order valence-corrected chi connectivity index (χ4v) is 2.54. The van der Waals surface area contributed by atoms with Crippen LogP contribution >= 0.6 is 0 Å². The molecule has 0 spiro atoms. The van der Waals surface area contributed by atoms with Gasteiger partial charge in [-0.05, 0) is 29.8 Å². The van der Waals surface area contributed by atoms with Crippen molar-refractivity contribution in [3.05, 3.63) is 71.9 Å². The lowest BCUT2D eigenvalue weighted by atomic mass is 10.2. The first-order valence-electron chi connectivity index (χ1n) is 8.19. The molecule has 0 aliphatic carbocycles. The van der Waals surface area contributed by atoms with Gasteiger partial charge in [0.25, 0.3) is 5.91 Å². The van der Waals surface area contributed by atoms with Crippen LogP contribution in [0.25, 0.3) is 0 Å². The van der Waals surface area contributed by atoms with Gasteiger partial charge in [0, 0.05) is 24.4 Å². The second-order valence-corrected chi connectivity index (χ2v) is 5.79.